The van der Waals surface area contributed by atoms with E-state index in [1.165, 1.54) is 6.20 Å². The third-order valence-electron chi connectivity index (χ3n) is 2.66. The third kappa shape index (κ3) is 3.10. The SMILES string of the molecule is CC(O)c1ccccc1NC(=O)c1cccnc1Cl. The number of rotatable bonds is 3. The van der Waals surface area contributed by atoms with E-state index in [0.29, 0.717) is 16.8 Å². The summed E-state index contributed by atoms with van der Waals surface area (Å²) in [5, 5.41) is 12.5. The van der Waals surface area contributed by atoms with Gasteiger partial charge in [0.05, 0.1) is 11.7 Å². The molecule has 0 fully saturated rings. The van der Waals surface area contributed by atoms with Crippen LogP contribution in [-0.4, -0.2) is 16.0 Å². The van der Waals surface area contributed by atoms with Crippen LogP contribution in [0.15, 0.2) is 42.6 Å². The van der Waals surface area contributed by atoms with Crippen molar-refractivity contribution >= 4 is 23.2 Å². The number of nitrogens with zero attached hydrogens (tertiary/aromatic N) is 1. The van der Waals surface area contributed by atoms with E-state index in [4.69, 9.17) is 11.6 Å². The molecule has 0 bridgehead atoms. The lowest BCUT2D eigenvalue weighted by atomic mass is 10.1. The second kappa shape index (κ2) is 5.82. The lowest BCUT2D eigenvalue weighted by molar-refractivity contribution is 0.102. The summed E-state index contributed by atoms with van der Waals surface area (Å²) < 4.78 is 0. The van der Waals surface area contributed by atoms with Gasteiger partial charge >= 0.3 is 0 Å². The Hall–Kier alpha value is -1.91. The van der Waals surface area contributed by atoms with E-state index in [2.05, 4.69) is 10.3 Å². The standard InChI is InChI=1S/C14H13ClN2O2/c1-9(18)10-5-2-3-7-12(10)17-14(19)11-6-4-8-16-13(11)15/h2-9,18H,1H3,(H,17,19). The number of carbonyl (C=O) groups excluding carboxylic acids is 1. The number of carbonyl (C=O) groups is 1. The Kier molecular flexibility index (Phi) is 4.14. The van der Waals surface area contributed by atoms with Gasteiger partial charge in [0.1, 0.15) is 5.15 Å². The van der Waals surface area contributed by atoms with Crippen LogP contribution in [-0.2, 0) is 0 Å². The van der Waals surface area contributed by atoms with Crippen LogP contribution in [0.3, 0.4) is 0 Å². The van der Waals surface area contributed by atoms with Gasteiger partial charge in [-0.05, 0) is 25.1 Å². The molecule has 2 aromatic rings. The van der Waals surface area contributed by atoms with Gasteiger partial charge in [-0.1, -0.05) is 29.8 Å². The summed E-state index contributed by atoms with van der Waals surface area (Å²) in [6.45, 7) is 1.64. The van der Waals surface area contributed by atoms with E-state index < -0.39 is 6.10 Å². The van der Waals surface area contributed by atoms with Gasteiger partial charge in [0, 0.05) is 17.4 Å². The molecule has 19 heavy (non-hydrogen) atoms. The smallest absolute Gasteiger partial charge is 0.258 e. The molecule has 1 aromatic carbocycles. The molecule has 0 aliphatic carbocycles. The number of hydrogen-bond acceptors (Lipinski definition) is 3. The first-order chi connectivity index (χ1) is 9.09. The molecule has 0 saturated carbocycles. The van der Waals surface area contributed by atoms with Gasteiger partial charge in [-0.2, -0.15) is 0 Å². The number of aliphatic hydroxyl groups excluding tert-OH is 1. The van der Waals surface area contributed by atoms with E-state index in [1.54, 1.807) is 43.3 Å². The number of benzene rings is 1. The first kappa shape index (κ1) is 13.5. The van der Waals surface area contributed by atoms with Crippen molar-refractivity contribution in [2.45, 2.75) is 13.0 Å². The molecule has 0 aliphatic rings. The predicted octanol–water partition coefficient (Wildman–Crippen LogP) is 3.04. The highest BCUT2D eigenvalue weighted by atomic mass is 35.5. The maximum Gasteiger partial charge on any atom is 0.258 e. The third-order valence-corrected chi connectivity index (χ3v) is 2.96. The van der Waals surface area contributed by atoms with Crippen molar-refractivity contribution in [2.24, 2.45) is 0 Å². The van der Waals surface area contributed by atoms with Crippen LogP contribution in [0.4, 0.5) is 5.69 Å². The van der Waals surface area contributed by atoms with Crippen molar-refractivity contribution in [1.82, 2.24) is 4.98 Å². The minimum atomic E-state index is -0.666. The largest absolute Gasteiger partial charge is 0.389 e. The molecule has 1 aromatic heterocycles. The predicted molar refractivity (Wildman–Crippen MR) is 74.3 cm³/mol. The van der Waals surface area contributed by atoms with Crippen LogP contribution >= 0.6 is 11.6 Å². The van der Waals surface area contributed by atoms with Crippen LogP contribution in [0.25, 0.3) is 0 Å². The van der Waals surface area contributed by atoms with E-state index in [0.717, 1.165) is 0 Å². The maximum atomic E-state index is 12.1. The molecule has 2 rings (SSSR count). The Morgan fingerprint density at radius 2 is 2.05 bits per heavy atom. The number of para-hydroxylation sites is 1. The number of aromatic nitrogens is 1. The molecule has 1 amide bonds. The topological polar surface area (TPSA) is 62.2 Å². The molecular formula is C14H13ClN2O2. The number of halogens is 1. The zero-order chi connectivity index (χ0) is 13.8. The minimum absolute atomic E-state index is 0.148. The second-order valence-corrected chi connectivity index (χ2v) is 4.42. The minimum Gasteiger partial charge on any atom is -0.389 e. The van der Waals surface area contributed by atoms with Crippen molar-refractivity contribution in [3.8, 4) is 0 Å². The van der Waals surface area contributed by atoms with Crippen LogP contribution in [0.5, 0.6) is 0 Å². The van der Waals surface area contributed by atoms with Gasteiger partial charge in [0.15, 0.2) is 0 Å². The highest BCUT2D eigenvalue weighted by molar-refractivity contribution is 6.33. The van der Waals surface area contributed by atoms with Gasteiger partial charge in [-0.15, -0.1) is 0 Å². The fraction of sp³-hybridized carbons (Fsp3) is 0.143. The molecule has 5 heteroatoms. The van der Waals surface area contributed by atoms with Gasteiger partial charge in [-0.25, -0.2) is 4.98 Å². The van der Waals surface area contributed by atoms with Gasteiger partial charge in [0.25, 0.3) is 5.91 Å². The Labute approximate surface area is 116 Å². The lowest BCUT2D eigenvalue weighted by Crippen LogP contribution is -2.14. The van der Waals surface area contributed by atoms with Crippen molar-refractivity contribution in [3.05, 3.63) is 58.9 Å². The Bertz CT molecular complexity index is 600. The Morgan fingerprint density at radius 3 is 2.74 bits per heavy atom. The van der Waals surface area contributed by atoms with Gasteiger partial charge < -0.3 is 10.4 Å². The van der Waals surface area contributed by atoms with Crippen molar-refractivity contribution in [3.63, 3.8) is 0 Å². The highest BCUT2D eigenvalue weighted by Gasteiger charge is 2.14. The van der Waals surface area contributed by atoms with Crippen molar-refractivity contribution < 1.29 is 9.90 Å². The molecule has 1 unspecified atom stereocenters. The first-order valence-corrected chi connectivity index (χ1v) is 6.16. The lowest BCUT2D eigenvalue weighted by Gasteiger charge is -2.13. The summed E-state index contributed by atoms with van der Waals surface area (Å²) in [6, 6.07) is 10.3. The summed E-state index contributed by atoms with van der Waals surface area (Å²) in [7, 11) is 0. The fourth-order valence-electron chi connectivity index (χ4n) is 1.72. The molecule has 0 spiro atoms. The molecule has 98 valence electrons. The molecule has 1 heterocycles. The number of aliphatic hydroxyl groups is 1. The molecule has 4 nitrogen and oxygen atoms in total. The van der Waals surface area contributed by atoms with E-state index >= 15 is 0 Å². The Morgan fingerprint density at radius 1 is 1.32 bits per heavy atom. The summed E-state index contributed by atoms with van der Waals surface area (Å²) in [4.78, 5) is 15.9. The number of anilines is 1. The fourth-order valence-corrected chi connectivity index (χ4v) is 1.93. The molecule has 0 saturated heterocycles. The average Bonchev–Trinajstić information content (AvgIpc) is 2.39. The highest BCUT2D eigenvalue weighted by Crippen LogP contribution is 2.23. The van der Waals surface area contributed by atoms with E-state index in [-0.39, 0.29) is 11.1 Å². The zero-order valence-electron chi connectivity index (χ0n) is 10.3. The summed E-state index contributed by atoms with van der Waals surface area (Å²) in [5.74, 6) is -0.355. The number of nitrogens with one attached hydrogen (secondary N) is 1. The second-order valence-electron chi connectivity index (χ2n) is 4.06. The van der Waals surface area contributed by atoms with Gasteiger partial charge in [0.2, 0.25) is 0 Å². The zero-order valence-corrected chi connectivity index (χ0v) is 11.1. The number of pyridine rings is 1. The molecular weight excluding hydrogens is 264 g/mol. The summed E-state index contributed by atoms with van der Waals surface area (Å²) in [5.41, 5.74) is 1.50. The van der Waals surface area contributed by atoms with Gasteiger partial charge in [-0.3, -0.25) is 4.79 Å². The van der Waals surface area contributed by atoms with Crippen molar-refractivity contribution in [2.75, 3.05) is 5.32 Å². The van der Waals surface area contributed by atoms with E-state index in [1.807, 2.05) is 0 Å². The molecule has 0 aliphatic heterocycles. The average molecular weight is 277 g/mol. The first-order valence-electron chi connectivity index (χ1n) is 5.78. The van der Waals surface area contributed by atoms with E-state index in [9.17, 15) is 9.90 Å². The number of hydrogen-bond donors (Lipinski definition) is 2. The van der Waals surface area contributed by atoms with Crippen molar-refractivity contribution in [1.29, 1.82) is 0 Å². The van der Waals surface area contributed by atoms with Crippen LogP contribution in [0.2, 0.25) is 5.15 Å². The van der Waals surface area contributed by atoms with Crippen LogP contribution in [0, 0.1) is 0 Å². The Balaban J connectivity index is 2.27. The van der Waals surface area contributed by atoms with Crippen LogP contribution < -0.4 is 5.32 Å². The summed E-state index contributed by atoms with van der Waals surface area (Å²) >= 11 is 5.87. The van der Waals surface area contributed by atoms with Crippen LogP contribution in [0.1, 0.15) is 28.9 Å². The monoisotopic (exact) mass is 276 g/mol. The maximum absolute atomic E-state index is 12.1. The molecule has 1 atom stereocenters. The molecule has 2 N–H and O–H groups in total. The normalized spacial score (nSPS) is 11.9. The summed E-state index contributed by atoms with van der Waals surface area (Å²) in [6.07, 6.45) is 0.851. The number of amides is 1. The quantitative estimate of drug-likeness (QED) is 0.847. The molecule has 0 radical (unpaired) electrons.